The van der Waals surface area contributed by atoms with Crippen LogP contribution in [-0.2, 0) is 19.6 Å². The summed E-state index contributed by atoms with van der Waals surface area (Å²) in [5.74, 6) is 0.893. The normalized spacial score (nSPS) is 15.7. The SMILES string of the molecule is CN=C(NCc1cccc(CN(C)C)c1)NC1CCN(Cc2ccccc2)CC1.I. The molecular weight excluding hydrogens is 485 g/mol. The summed E-state index contributed by atoms with van der Waals surface area (Å²) in [4.78, 5) is 9.16. The molecule has 30 heavy (non-hydrogen) atoms. The molecule has 0 saturated carbocycles. The minimum absolute atomic E-state index is 0. The van der Waals surface area contributed by atoms with Crippen molar-refractivity contribution in [3.8, 4) is 0 Å². The molecule has 0 radical (unpaired) electrons. The first-order chi connectivity index (χ1) is 14.1. The van der Waals surface area contributed by atoms with Gasteiger partial charge in [-0.15, -0.1) is 24.0 Å². The lowest BCUT2D eigenvalue weighted by molar-refractivity contribution is 0.198. The zero-order chi connectivity index (χ0) is 20.5. The van der Waals surface area contributed by atoms with Crippen molar-refractivity contribution in [2.45, 2.75) is 38.5 Å². The second kappa shape index (κ2) is 12.9. The number of guanidine groups is 1. The zero-order valence-corrected chi connectivity index (χ0v) is 20.8. The highest BCUT2D eigenvalue weighted by Gasteiger charge is 2.20. The number of aliphatic imine (C=N–C) groups is 1. The van der Waals surface area contributed by atoms with Gasteiger partial charge in [0.15, 0.2) is 5.96 Å². The lowest BCUT2D eigenvalue weighted by Gasteiger charge is -2.33. The van der Waals surface area contributed by atoms with E-state index in [9.17, 15) is 0 Å². The van der Waals surface area contributed by atoms with Crippen LogP contribution in [-0.4, -0.2) is 56.0 Å². The van der Waals surface area contributed by atoms with Crippen LogP contribution in [0.25, 0.3) is 0 Å². The quantitative estimate of drug-likeness (QED) is 0.332. The van der Waals surface area contributed by atoms with Gasteiger partial charge in [-0.25, -0.2) is 0 Å². The first-order valence-corrected chi connectivity index (χ1v) is 10.6. The molecule has 3 rings (SSSR count). The van der Waals surface area contributed by atoms with Crippen molar-refractivity contribution in [2.24, 2.45) is 4.99 Å². The van der Waals surface area contributed by atoms with Crippen LogP contribution in [0, 0.1) is 0 Å². The number of likely N-dealkylation sites (tertiary alicyclic amines) is 1. The summed E-state index contributed by atoms with van der Waals surface area (Å²) in [6.07, 6.45) is 2.29. The number of nitrogens with one attached hydrogen (secondary N) is 2. The lowest BCUT2D eigenvalue weighted by atomic mass is 10.0. The molecule has 0 aliphatic carbocycles. The second-order valence-electron chi connectivity index (χ2n) is 8.16. The third-order valence-electron chi connectivity index (χ3n) is 5.35. The summed E-state index contributed by atoms with van der Waals surface area (Å²) in [5.41, 5.74) is 4.01. The summed E-state index contributed by atoms with van der Waals surface area (Å²) in [6.45, 7) is 5.03. The fourth-order valence-electron chi connectivity index (χ4n) is 3.85. The number of benzene rings is 2. The van der Waals surface area contributed by atoms with Crippen molar-refractivity contribution in [3.63, 3.8) is 0 Å². The molecule has 2 aromatic carbocycles. The zero-order valence-electron chi connectivity index (χ0n) is 18.5. The number of halogens is 1. The Labute approximate surface area is 199 Å². The molecule has 1 fully saturated rings. The molecule has 0 spiro atoms. The third-order valence-corrected chi connectivity index (χ3v) is 5.35. The number of piperidine rings is 1. The van der Waals surface area contributed by atoms with Gasteiger partial charge in [0.05, 0.1) is 0 Å². The second-order valence-corrected chi connectivity index (χ2v) is 8.16. The Morgan fingerprint density at radius 2 is 1.67 bits per heavy atom. The predicted octanol–water partition coefficient (Wildman–Crippen LogP) is 3.70. The maximum Gasteiger partial charge on any atom is 0.191 e. The minimum Gasteiger partial charge on any atom is -0.354 e. The van der Waals surface area contributed by atoms with Crippen LogP contribution in [0.3, 0.4) is 0 Å². The predicted molar refractivity (Wildman–Crippen MR) is 137 cm³/mol. The molecule has 2 N–H and O–H groups in total. The maximum atomic E-state index is 4.43. The van der Waals surface area contributed by atoms with Gasteiger partial charge in [0, 0.05) is 45.8 Å². The summed E-state index contributed by atoms with van der Waals surface area (Å²) in [6, 6.07) is 20.0. The van der Waals surface area contributed by atoms with Gasteiger partial charge in [0.25, 0.3) is 0 Å². The van der Waals surface area contributed by atoms with Crippen molar-refractivity contribution in [2.75, 3.05) is 34.2 Å². The molecule has 0 atom stereocenters. The number of rotatable bonds is 7. The molecule has 1 aliphatic rings. The van der Waals surface area contributed by atoms with Gasteiger partial charge < -0.3 is 15.5 Å². The minimum atomic E-state index is 0. The maximum absolute atomic E-state index is 4.43. The van der Waals surface area contributed by atoms with E-state index in [1.165, 1.54) is 16.7 Å². The van der Waals surface area contributed by atoms with E-state index in [2.05, 4.69) is 94.1 Å². The highest BCUT2D eigenvalue weighted by molar-refractivity contribution is 14.0. The average Bonchev–Trinajstić information content (AvgIpc) is 2.73. The molecule has 0 aromatic heterocycles. The van der Waals surface area contributed by atoms with E-state index in [1.54, 1.807) is 0 Å². The van der Waals surface area contributed by atoms with E-state index < -0.39 is 0 Å². The van der Waals surface area contributed by atoms with Gasteiger partial charge in [0.1, 0.15) is 0 Å². The van der Waals surface area contributed by atoms with E-state index in [-0.39, 0.29) is 24.0 Å². The lowest BCUT2D eigenvalue weighted by Crippen LogP contribution is -2.48. The molecule has 0 amide bonds. The van der Waals surface area contributed by atoms with Crippen LogP contribution < -0.4 is 10.6 Å². The summed E-state index contributed by atoms with van der Waals surface area (Å²) >= 11 is 0. The fraction of sp³-hybridized carbons (Fsp3) is 0.458. The van der Waals surface area contributed by atoms with Crippen LogP contribution >= 0.6 is 24.0 Å². The Hall–Kier alpha value is -1.64. The van der Waals surface area contributed by atoms with E-state index in [1.807, 2.05) is 7.05 Å². The Morgan fingerprint density at radius 1 is 1.00 bits per heavy atom. The van der Waals surface area contributed by atoms with Gasteiger partial charge in [-0.05, 0) is 43.6 Å². The van der Waals surface area contributed by atoms with Crippen LogP contribution in [0.5, 0.6) is 0 Å². The molecule has 1 aliphatic heterocycles. The fourth-order valence-corrected chi connectivity index (χ4v) is 3.85. The van der Waals surface area contributed by atoms with Gasteiger partial charge in [-0.3, -0.25) is 9.89 Å². The van der Waals surface area contributed by atoms with Crippen LogP contribution in [0.4, 0.5) is 0 Å². The first-order valence-electron chi connectivity index (χ1n) is 10.6. The average molecular weight is 521 g/mol. The van der Waals surface area contributed by atoms with Crippen molar-refractivity contribution in [3.05, 3.63) is 71.3 Å². The molecule has 1 saturated heterocycles. The molecule has 164 valence electrons. The Balaban J connectivity index is 0.00000320. The van der Waals surface area contributed by atoms with Gasteiger partial charge in [-0.2, -0.15) is 0 Å². The monoisotopic (exact) mass is 521 g/mol. The molecule has 1 heterocycles. The van der Waals surface area contributed by atoms with E-state index >= 15 is 0 Å². The van der Waals surface area contributed by atoms with E-state index in [4.69, 9.17) is 0 Å². The van der Waals surface area contributed by atoms with E-state index in [0.717, 1.165) is 51.5 Å². The summed E-state index contributed by atoms with van der Waals surface area (Å²) < 4.78 is 0. The first kappa shape index (κ1) is 24.6. The van der Waals surface area contributed by atoms with Crippen LogP contribution in [0.15, 0.2) is 59.6 Å². The van der Waals surface area contributed by atoms with E-state index in [0.29, 0.717) is 6.04 Å². The Kier molecular flexibility index (Phi) is 10.6. The molecule has 0 bridgehead atoms. The Bertz CT molecular complexity index is 770. The molecule has 0 unspecified atom stereocenters. The molecule has 2 aromatic rings. The molecular formula is C24H36IN5. The Morgan fingerprint density at radius 3 is 2.33 bits per heavy atom. The van der Waals surface area contributed by atoms with Crippen LogP contribution in [0.1, 0.15) is 29.5 Å². The highest BCUT2D eigenvalue weighted by atomic mass is 127. The number of hydrogen-bond acceptors (Lipinski definition) is 3. The largest absolute Gasteiger partial charge is 0.354 e. The van der Waals surface area contributed by atoms with Crippen molar-refractivity contribution < 1.29 is 0 Å². The van der Waals surface area contributed by atoms with Crippen molar-refractivity contribution in [1.82, 2.24) is 20.4 Å². The third kappa shape index (κ3) is 8.24. The van der Waals surface area contributed by atoms with Crippen LogP contribution in [0.2, 0.25) is 0 Å². The standard InChI is InChI=1S/C24H35N5.HI/c1-25-24(26-17-21-10-7-11-22(16-21)18-28(2)3)27-23-12-14-29(15-13-23)19-20-8-5-4-6-9-20;/h4-11,16,23H,12-15,17-19H2,1-3H3,(H2,25,26,27);1H. The highest BCUT2D eigenvalue weighted by Crippen LogP contribution is 2.14. The summed E-state index contributed by atoms with van der Waals surface area (Å²) in [7, 11) is 6.05. The summed E-state index contributed by atoms with van der Waals surface area (Å²) in [5, 5.41) is 7.09. The molecule has 6 heteroatoms. The van der Waals surface area contributed by atoms with Gasteiger partial charge >= 0.3 is 0 Å². The smallest absolute Gasteiger partial charge is 0.191 e. The van der Waals surface area contributed by atoms with Crippen molar-refractivity contribution >= 4 is 29.9 Å². The number of hydrogen-bond donors (Lipinski definition) is 2. The molecule has 5 nitrogen and oxygen atoms in total. The van der Waals surface area contributed by atoms with Gasteiger partial charge in [0.2, 0.25) is 0 Å². The van der Waals surface area contributed by atoms with Crippen molar-refractivity contribution in [1.29, 1.82) is 0 Å². The number of nitrogens with zero attached hydrogens (tertiary/aromatic N) is 3. The van der Waals surface area contributed by atoms with Gasteiger partial charge in [-0.1, -0.05) is 54.6 Å². The topological polar surface area (TPSA) is 42.9 Å².